The molecule has 1 unspecified atom stereocenters. The molecule has 0 aliphatic rings. The van der Waals surface area contributed by atoms with Gasteiger partial charge in [0.15, 0.2) is 0 Å². The highest BCUT2D eigenvalue weighted by Crippen LogP contribution is 2.44. The number of rotatable bonds is 8. The average Bonchev–Trinajstić information content (AvgIpc) is 2.74. The number of hydrogen-bond acceptors (Lipinski definition) is 1. The van der Waals surface area contributed by atoms with E-state index in [2.05, 4.69) is 104 Å². The summed E-state index contributed by atoms with van der Waals surface area (Å²) >= 11 is 0. The summed E-state index contributed by atoms with van der Waals surface area (Å²) < 4.78 is 0. The molecule has 0 bridgehead atoms. The van der Waals surface area contributed by atoms with Crippen LogP contribution in [0.1, 0.15) is 32.6 Å². The number of benzene rings is 3. The van der Waals surface area contributed by atoms with Crippen LogP contribution in [0.5, 0.6) is 0 Å². The summed E-state index contributed by atoms with van der Waals surface area (Å²) in [5, 5.41) is 14.8. The van der Waals surface area contributed by atoms with Crippen molar-refractivity contribution in [1.29, 1.82) is 0 Å². The molecule has 0 saturated heterocycles. The van der Waals surface area contributed by atoms with Gasteiger partial charge in [0, 0.05) is 0 Å². The molecular formula is C25H29OP. The van der Waals surface area contributed by atoms with Crippen molar-refractivity contribution in [2.45, 2.75) is 38.7 Å². The van der Waals surface area contributed by atoms with Crippen molar-refractivity contribution in [2.24, 2.45) is 0 Å². The van der Waals surface area contributed by atoms with E-state index in [1.165, 1.54) is 28.8 Å². The zero-order valence-electron chi connectivity index (χ0n) is 16.0. The molecule has 0 fully saturated rings. The van der Waals surface area contributed by atoms with Gasteiger partial charge in [-0.25, -0.2) is 0 Å². The fourth-order valence-electron chi connectivity index (χ4n) is 3.63. The van der Waals surface area contributed by atoms with Gasteiger partial charge in [0.05, 0.1) is 6.10 Å². The maximum absolute atomic E-state index is 11.0. The zero-order chi connectivity index (χ0) is 19.0. The van der Waals surface area contributed by atoms with Crippen LogP contribution < -0.4 is 15.9 Å². The van der Waals surface area contributed by atoms with Crippen molar-refractivity contribution < 1.29 is 5.11 Å². The van der Waals surface area contributed by atoms with Gasteiger partial charge in [-0.2, -0.15) is 0 Å². The van der Waals surface area contributed by atoms with Crippen LogP contribution in [0.2, 0.25) is 0 Å². The highest BCUT2D eigenvalue weighted by molar-refractivity contribution is 7.94. The Morgan fingerprint density at radius 1 is 0.704 bits per heavy atom. The van der Waals surface area contributed by atoms with Gasteiger partial charge >= 0.3 is 0 Å². The van der Waals surface area contributed by atoms with E-state index in [1.54, 1.807) is 0 Å². The van der Waals surface area contributed by atoms with Crippen LogP contribution in [-0.4, -0.2) is 17.0 Å². The van der Waals surface area contributed by atoms with Gasteiger partial charge in [0.2, 0.25) is 0 Å². The third-order valence-corrected chi connectivity index (χ3v) is 9.12. The van der Waals surface area contributed by atoms with E-state index in [0.717, 1.165) is 12.8 Å². The van der Waals surface area contributed by atoms with E-state index >= 15 is 0 Å². The standard InChI is InChI=1S/C25H29OP/c1-2-3-7-14-22(26)21-27(23-15-8-4-9-16-23,24-17-10-5-11-18-24)25-19-12-6-13-20-25/h4-6,8-13,15-22,26H,2-3,7,14H2,1H3. The number of hydrogen-bond donors (Lipinski definition) is 1. The van der Waals surface area contributed by atoms with Crippen LogP contribution in [0.15, 0.2) is 91.0 Å². The molecule has 2 heteroatoms. The molecule has 0 aliphatic carbocycles. The van der Waals surface area contributed by atoms with Crippen molar-refractivity contribution >= 4 is 28.6 Å². The molecule has 0 heterocycles. The summed E-state index contributed by atoms with van der Waals surface area (Å²) in [5.41, 5.74) is 0. The molecule has 27 heavy (non-hydrogen) atoms. The van der Waals surface area contributed by atoms with Crippen LogP contribution in [0, 0.1) is 0 Å². The molecule has 0 amide bonds. The molecule has 0 radical (unpaired) electrons. The first kappa shape index (κ1) is 19.7. The number of aliphatic hydroxyl groups excluding tert-OH is 1. The lowest BCUT2D eigenvalue weighted by atomic mass is 10.1. The van der Waals surface area contributed by atoms with Gasteiger partial charge in [-0.05, 0) is 35.0 Å². The maximum Gasteiger partial charge on any atom is 0.0734 e. The SMILES string of the molecule is CCCCCC(O)C=P(c1ccccc1)(c1ccccc1)c1ccccc1. The summed E-state index contributed by atoms with van der Waals surface area (Å²) in [4.78, 5) is 0. The van der Waals surface area contributed by atoms with Gasteiger partial charge < -0.3 is 5.11 Å². The number of unbranched alkanes of at least 4 members (excludes halogenated alkanes) is 2. The second-order valence-electron chi connectivity index (χ2n) is 6.94. The summed E-state index contributed by atoms with van der Waals surface area (Å²) in [6.07, 6.45) is 3.81. The zero-order valence-corrected chi connectivity index (χ0v) is 16.9. The van der Waals surface area contributed by atoms with E-state index in [1.807, 2.05) is 0 Å². The Kier molecular flexibility index (Phi) is 7.10. The molecule has 0 saturated carbocycles. The maximum atomic E-state index is 11.0. The molecule has 0 spiro atoms. The Morgan fingerprint density at radius 3 is 1.48 bits per heavy atom. The van der Waals surface area contributed by atoms with Crippen molar-refractivity contribution in [3.8, 4) is 0 Å². The van der Waals surface area contributed by atoms with Crippen molar-refractivity contribution in [2.75, 3.05) is 0 Å². The Hall–Kier alpha value is -2.08. The normalized spacial score (nSPS) is 12.5. The summed E-state index contributed by atoms with van der Waals surface area (Å²) in [6.45, 7) is 0.167. The Balaban J connectivity index is 2.23. The highest BCUT2D eigenvalue weighted by atomic mass is 31.2. The van der Waals surface area contributed by atoms with Gasteiger partial charge in [-0.1, -0.05) is 117 Å². The minimum absolute atomic E-state index is 0.412. The van der Waals surface area contributed by atoms with E-state index in [0.29, 0.717) is 0 Å². The molecule has 1 N–H and O–H groups in total. The Morgan fingerprint density at radius 2 is 1.11 bits per heavy atom. The lowest BCUT2D eigenvalue weighted by Gasteiger charge is -2.30. The minimum atomic E-state index is -2.03. The van der Waals surface area contributed by atoms with Crippen LogP contribution in [0.3, 0.4) is 0 Å². The molecule has 140 valence electrons. The van der Waals surface area contributed by atoms with Crippen LogP contribution >= 0.6 is 6.89 Å². The second-order valence-corrected chi connectivity index (χ2v) is 10.2. The van der Waals surface area contributed by atoms with Gasteiger partial charge in [0.25, 0.3) is 0 Å². The van der Waals surface area contributed by atoms with Gasteiger partial charge in [-0.15, -0.1) is 0 Å². The van der Waals surface area contributed by atoms with Gasteiger partial charge in [-0.3, -0.25) is 0 Å². The van der Waals surface area contributed by atoms with Crippen LogP contribution in [0.25, 0.3) is 0 Å². The van der Waals surface area contributed by atoms with E-state index in [9.17, 15) is 5.11 Å². The fourth-order valence-corrected chi connectivity index (χ4v) is 7.63. The van der Waals surface area contributed by atoms with Gasteiger partial charge in [0.1, 0.15) is 0 Å². The second kappa shape index (κ2) is 9.74. The molecule has 1 atom stereocenters. The van der Waals surface area contributed by atoms with Crippen LogP contribution in [0.4, 0.5) is 0 Å². The third-order valence-electron chi connectivity index (χ3n) is 4.99. The molecular weight excluding hydrogens is 347 g/mol. The van der Waals surface area contributed by atoms with Crippen molar-refractivity contribution in [3.05, 3.63) is 91.0 Å². The quantitative estimate of drug-likeness (QED) is 0.445. The van der Waals surface area contributed by atoms with Crippen molar-refractivity contribution in [1.82, 2.24) is 0 Å². The first-order chi connectivity index (χ1) is 13.3. The highest BCUT2D eigenvalue weighted by Gasteiger charge is 2.25. The predicted molar refractivity (Wildman–Crippen MR) is 121 cm³/mol. The third kappa shape index (κ3) is 4.61. The molecule has 0 aromatic heterocycles. The number of aliphatic hydroxyl groups is 1. The predicted octanol–water partition coefficient (Wildman–Crippen LogP) is 4.72. The lowest BCUT2D eigenvalue weighted by molar-refractivity contribution is 0.233. The minimum Gasteiger partial charge on any atom is -0.389 e. The summed E-state index contributed by atoms with van der Waals surface area (Å²) in [6, 6.07) is 32.1. The molecule has 3 aromatic carbocycles. The first-order valence-corrected chi connectivity index (χ1v) is 11.7. The van der Waals surface area contributed by atoms with Crippen molar-refractivity contribution in [3.63, 3.8) is 0 Å². The Bertz CT molecular complexity index is 753. The van der Waals surface area contributed by atoms with E-state index in [4.69, 9.17) is 0 Å². The average molecular weight is 376 g/mol. The first-order valence-electron chi connectivity index (χ1n) is 9.87. The molecule has 3 rings (SSSR count). The molecule has 0 aliphatic heterocycles. The topological polar surface area (TPSA) is 20.2 Å². The largest absolute Gasteiger partial charge is 0.389 e. The lowest BCUT2D eigenvalue weighted by Crippen LogP contribution is -2.29. The molecule has 1 nitrogen and oxygen atoms in total. The van der Waals surface area contributed by atoms with E-state index < -0.39 is 13.0 Å². The summed E-state index contributed by atoms with van der Waals surface area (Å²) in [5.74, 6) is 2.25. The fraction of sp³-hybridized carbons (Fsp3) is 0.240. The monoisotopic (exact) mass is 376 g/mol. The smallest absolute Gasteiger partial charge is 0.0734 e. The Labute approximate surface area is 163 Å². The van der Waals surface area contributed by atoms with Crippen LogP contribution in [-0.2, 0) is 0 Å². The molecule has 3 aromatic rings. The van der Waals surface area contributed by atoms with E-state index in [-0.39, 0.29) is 0 Å². The summed E-state index contributed by atoms with van der Waals surface area (Å²) in [7, 11) is 0.